The molecule has 2 aromatic heterocycles. The highest BCUT2D eigenvalue weighted by molar-refractivity contribution is 5.78. The summed E-state index contributed by atoms with van der Waals surface area (Å²) >= 11 is 0. The van der Waals surface area contributed by atoms with Crippen molar-refractivity contribution in [3.63, 3.8) is 0 Å². The van der Waals surface area contributed by atoms with Gasteiger partial charge in [0.25, 0.3) is 5.56 Å². The maximum atomic E-state index is 13.3. The molecule has 2 heterocycles. The van der Waals surface area contributed by atoms with Gasteiger partial charge in [-0.05, 0) is 24.6 Å². The van der Waals surface area contributed by atoms with Crippen molar-refractivity contribution in [3.05, 3.63) is 88.1 Å². The summed E-state index contributed by atoms with van der Waals surface area (Å²) in [6, 6.07) is 19.6. The molecule has 0 radical (unpaired) electrons. The maximum Gasteiger partial charge on any atom is 0.265 e. The van der Waals surface area contributed by atoms with Gasteiger partial charge in [-0.1, -0.05) is 48.5 Å². The molecule has 0 aliphatic carbocycles. The van der Waals surface area contributed by atoms with Crippen LogP contribution in [-0.2, 0) is 17.9 Å². The van der Waals surface area contributed by atoms with Crippen LogP contribution in [0.1, 0.15) is 17.1 Å². The van der Waals surface area contributed by atoms with E-state index in [1.807, 2.05) is 67.6 Å². The lowest BCUT2D eigenvalue weighted by Crippen LogP contribution is -2.26. The molecule has 0 fully saturated rings. The van der Waals surface area contributed by atoms with Crippen molar-refractivity contribution >= 4 is 11.0 Å². The fraction of sp³-hybridized carbons (Fsp3) is 0.190. The Labute approximate surface area is 156 Å². The van der Waals surface area contributed by atoms with Gasteiger partial charge in [-0.15, -0.1) is 0 Å². The van der Waals surface area contributed by atoms with Crippen LogP contribution in [0.25, 0.3) is 16.7 Å². The van der Waals surface area contributed by atoms with Gasteiger partial charge in [-0.2, -0.15) is 5.10 Å². The molecule has 4 aromatic rings. The van der Waals surface area contributed by atoms with Crippen LogP contribution in [0.3, 0.4) is 0 Å². The molecule has 0 aliphatic rings. The van der Waals surface area contributed by atoms with E-state index in [2.05, 4.69) is 5.10 Å². The van der Waals surface area contributed by atoms with Crippen LogP contribution in [0.5, 0.6) is 0 Å². The van der Waals surface area contributed by atoms with Gasteiger partial charge in [0.2, 0.25) is 0 Å². The largest absolute Gasteiger partial charge is 0.377 e. The van der Waals surface area contributed by atoms with E-state index in [-0.39, 0.29) is 12.2 Å². The SMILES string of the molecule is COCc1nc2c(c(C)nn2-c2ccccc2)c(=O)n1Cc1ccccc1. The second kappa shape index (κ2) is 7.17. The van der Waals surface area contributed by atoms with E-state index in [0.29, 0.717) is 29.1 Å². The van der Waals surface area contributed by atoms with Crippen LogP contribution in [-0.4, -0.2) is 26.4 Å². The number of benzene rings is 2. The molecule has 0 saturated heterocycles. The highest BCUT2D eigenvalue weighted by atomic mass is 16.5. The number of aromatic nitrogens is 4. The lowest BCUT2D eigenvalue weighted by atomic mass is 10.2. The van der Waals surface area contributed by atoms with Crippen LogP contribution in [0.2, 0.25) is 0 Å². The Bertz CT molecular complexity index is 1130. The lowest BCUT2D eigenvalue weighted by molar-refractivity contribution is 0.173. The van der Waals surface area contributed by atoms with Crippen molar-refractivity contribution in [2.45, 2.75) is 20.1 Å². The summed E-state index contributed by atoms with van der Waals surface area (Å²) in [5.74, 6) is 0.580. The number of ether oxygens (including phenoxy) is 1. The summed E-state index contributed by atoms with van der Waals surface area (Å²) in [6.45, 7) is 2.53. The molecule has 0 unspecified atom stereocenters. The van der Waals surface area contributed by atoms with Crippen LogP contribution in [0.15, 0.2) is 65.5 Å². The predicted molar refractivity (Wildman–Crippen MR) is 104 cm³/mol. The highest BCUT2D eigenvalue weighted by Crippen LogP contribution is 2.18. The molecule has 0 amide bonds. The van der Waals surface area contributed by atoms with Gasteiger partial charge in [0.1, 0.15) is 17.8 Å². The highest BCUT2D eigenvalue weighted by Gasteiger charge is 2.19. The molecule has 6 nitrogen and oxygen atoms in total. The van der Waals surface area contributed by atoms with Gasteiger partial charge in [-0.3, -0.25) is 9.36 Å². The quantitative estimate of drug-likeness (QED) is 0.549. The van der Waals surface area contributed by atoms with Crippen LogP contribution < -0.4 is 5.56 Å². The van der Waals surface area contributed by atoms with E-state index in [9.17, 15) is 4.79 Å². The Morgan fingerprint density at radius 2 is 1.67 bits per heavy atom. The number of rotatable bonds is 5. The fourth-order valence-corrected chi connectivity index (χ4v) is 3.22. The molecule has 2 aromatic carbocycles. The van der Waals surface area contributed by atoms with Crippen LogP contribution in [0, 0.1) is 6.92 Å². The summed E-state index contributed by atoms with van der Waals surface area (Å²) in [7, 11) is 1.60. The van der Waals surface area contributed by atoms with Gasteiger partial charge in [0, 0.05) is 7.11 Å². The summed E-state index contributed by atoms with van der Waals surface area (Å²) in [5.41, 5.74) is 3.02. The van der Waals surface area contributed by atoms with Gasteiger partial charge in [-0.25, -0.2) is 9.67 Å². The normalized spacial score (nSPS) is 11.2. The van der Waals surface area contributed by atoms with Crippen molar-refractivity contribution < 1.29 is 4.74 Å². The topological polar surface area (TPSA) is 61.9 Å². The molecule has 0 saturated carbocycles. The number of hydrogen-bond donors (Lipinski definition) is 0. The van der Waals surface area contributed by atoms with Crippen molar-refractivity contribution in [2.75, 3.05) is 7.11 Å². The third-order valence-corrected chi connectivity index (χ3v) is 4.50. The van der Waals surface area contributed by atoms with E-state index in [0.717, 1.165) is 11.3 Å². The second-order valence-corrected chi connectivity index (χ2v) is 6.37. The third-order valence-electron chi connectivity index (χ3n) is 4.50. The summed E-state index contributed by atoms with van der Waals surface area (Å²) in [5, 5.41) is 5.11. The fourth-order valence-electron chi connectivity index (χ4n) is 3.22. The molecule has 27 heavy (non-hydrogen) atoms. The number of aryl methyl sites for hydroxylation is 1. The van der Waals surface area contributed by atoms with E-state index < -0.39 is 0 Å². The lowest BCUT2D eigenvalue weighted by Gasteiger charge is -2.13. The Kier molecular flexibility index (Phi) is 4.56. The van der Waals surface area contributed by atoms with Crippen molar-refractivity contribution in [2.24, 2.45) is 0 Å². The summed E-state index contributed by atoms with van der Waals surface area (Å²) in [4.78, 5) is 18.1. The summed E-state index contributed by atoms with van der Waals surface area (Å²) < 4.78 is 8.70. The molecule has 4 rings (SSSR count). The number of fused-ring (bicyclic) bond motifs is 1. The van der Waals surface area contributed by atoms with E-state index in [1.165, 1.54) is 0 Å². The van der Waals surface area contributed by atoms with Gasteiger partial charge < -0.3 is 4.74 Å². The zero-order chi connectivity index (χ0) is 18.8. The monoisotopic (exact) mass is 360 g/mol. The third kappa shape index (κ3) is 3.15. The summed E-state index contributed by atoms with van der Waals surface area (Å²) in [6.07, 6.45) is 0. The molecular formula is C21H20N4O2. The number of para-hydroxylation sites is 1. The standard InChI is InChI=1S/C21H20N4O2/c1-15-19-20(25(23-15)17-11-7-4-8-12-17)22-18(14-27-2)24(21(19)26)13-16-9-5-3-6-10-16/h3-12H,13-14H2,1-2H3. The van der Waals surface area contributed by atoms with Gasteiger partial charge >= 0.3 is 0 Å². The number of nitrogens with zero attached hydrogens (tertiary/aromatic N) is 4. The molecular weight excluding hydrogens is 340 g/mol. The van der Waals surface area contributed by atoms with E-state index >= 15 is 0 Å². The minimum Gasteiger partial charge on any atom is -0.377 e. The first-order chi connectivity index (χ1) is 13.2. The zero-order valence-corrected chi connectivity index (χ0v) is 15.3. The van der Waals surface area contributed by atoms with Crippen molar-refractivity contribution in [3.8, 4) is 5.69 Å². The first-order valence-corrected chi connectivity index (χ1v) is 8.76. The molecule has 6 heteroatoms. The average Bonchev–Trinajstić information content (AvgIpc) is 3.03. The molecule has 0 atom stereocenters. The Morgan fingerprint density at radius 3 is 2.33 bits per heavy atom. The first-order valence-electron chi connectivity index (χ1n) is 8.76. The average molecular weight is 360 g/mol. The second-order valence-electron chi connectivity index (χ2n) is 6.37. The molecule has 0 spiro atoms. The van der Waals surface area contributed by atoms with Crippen molar-refractivity contribution in [1.82, 2.24) is 19.3 Å². The molecule has 136 valence electrons. The van der Waals surface area contributed by atoms with Crippen molar-refractivity contribution in [1.29, 1.82) is 0 Å². The minimum atomic E-state index is -0.101. The minimum absolute atomic E-state index is 0.101. The van der Waals surface area contributed by atoms with E-state index in [1.54, 1.807) is 16.4 Å². The first kappa shape index (κ1) is 17.2. The Hall–Kier alpha value is -3.25. The molecule has 0 aliphatic heterocycles. The van der Waals surface area contributed by atoms with E-state index in [4.69, 9.17) is 9.72 Å². The Balaban J connectivity index is 1.95. The zero-order valence-electron chi connectivity index (χ0n) is 15.3. The molecule has 0 bridgehead atoms. The predicted octanol–water partition coefficient (Wildman–Crippen LogP) is 3.09. The van der Waals surface area contributed by atoms with Crippen LogP contribution in [0.4, 0.5) is 0 Å². The maximum absolute atomic E-state index is 13.3. The Morgan fingerprint density at radius 1 is 1.00 bits per heavy atom. The molecule has 0 N–H and O–H groups in total. The smallest absolute Gasteiger partial charge is 0.265 e. The van der Waals surface area contributed by atoms with Gasteiger partial charge in [0.05, 0.1) is 17.9 Å². The number of methoxy groups -OCH3 is 1. The number of hydrogen-bond acceptors (Lipinski definition) is 4. The van der Waals surface area contributed by atoms with Gasteiger partial charge in [0.15, 0.2) is 5.65 Å². The van der Waals surface area contributed by atoms with Crippen LogP contribution >= 0.6 is 0 Å².